The van der Waals surface area contributed by atoms with Gasteiger partial charge in [-0.2, -0.15) is 10.2 Å². The zero-order valence-electron chi connectivity index (χ0n) is 18.9. The summed E-state index contributed by atoms with van der Waals surface area (Å²) in [5, 5.41) is 10.5. The number of carbonyl (C=O) groups excluding carboxylic acids is 1. The summed E-state index contributed by atoms with van der Waals surface area (Å²) in [7, 11) is 0. The van der Waals surface area contributed by atoms with Crippen molar-refractivity contribution in [3.8, 4) is 5.69 Å². The minimum absolute atomic E-state index is 0.289. The molecule has 0 aliphatic carbocycles. The van der Waals surface area contributed by atoms with Crippen LogP contribution in [0.15, 0.2) is 84.9 Å². The molecule has 170 valence electrons. The average Bonchev–Trinajstić information content (AvgIpc) is 3.45. The van der Waals surface area contributed by atoms with Gasteiger partial charge in [0.2, 0.25) is 0 Å². The number of thioether (sulfide) groups is 1. The first-order valence-electron chi connectivity index (χ1n) is 11.1. The number of esters is 1. The second-order valence-corrected chi connectivity index (χ2v) is 8.82. The van der Waals surface area contributed by atoms with Crippen LogP contribution in [-0.4, -0.2) is 32.1 Å². The number of nitrogens with zero attached hydrogens (tertiary/aromatic N) is 4. The Labute approximate surface area is 202 Å². The lowest BCUT2D eigenvalue weighted by molar-refractivity contribution is 0.0518. The van der Waals surface area contributed by atoms with Crippen molar-refractivity contribution in [1.29, 1.82) is 0 Å². The molecule has 2 aromatic carbocycles. The lowest BCUT2D eigenvalue weighted by Gasteiger charge is -2.18. The van der Waals surface area contributed by atoms with Crippen molar-refractivity contribution in [2.75, 3.05) is 6.61 Å². The molecule has 3 heterocycles. The number of hydrogen-bond acceptors (Lipinski definition) is 5. The van der Waals surface area contributed by atoms with E-state index in [1.807, 2.05) is 58.0 Å². The third-order valence-corrected chi connectivity index (χ3v) is 6.85. The van der Waals surface area contributed by atoms with E-state index >= 15 is 0 Å². The molecule has 4 aromatic rings. The fourth-order valence-electron chi connectivity index (χ4n) is 4.23. The van der Waals surface area contributed by atoms with E-state index in [-0.39, 0.29) is 6.61 Å². The molecule has 1 aliphatic rings. The first-order chi connectivity index (χ1) is 16.6. The van der Waals surface area contributed by atoms with Gasteiger partial charge in [-0.3, -0.25) is 4.68 Å². The molecule has 2 aromatic heterocycles. The fourth-order valence-corrected chi connectivity index (χ4v) is 5.25. The van der Waals surface area contributed by atoms with Gasteiger partial charge < -0.3 is 4.74 Å². The minimum atomic E-state index is -0.421. The zero-order valence-corrected chi connectivity index (χ0v) is 19.7. The van der Waals surface area contributed by atoms with Crippen molar-refractivity contribution in [3.05, 3.63) is 107 Å². The fraction of sp³-hybridized carbons (Fsp3) is 0.148. The van der Waals surface area contributed by atoms with Gasteiger partial charge in [0.1, 0.15) is 0 Å². The summed E-state index contributed by atoms with van der Waals surface area (Å²) >= 11 is 1.62. The normalized spacial score (nSPS) is 13.1. The second-order valence-electron chi connectivity index (χ2n) is 7.81. The zero-order chi connectivity index (χ0) is 23.7. The maximum absolute atomic E-state index is 12.8. The van der Waals surface area contributed by atoms with Crippen LogP contribution in [0.25, 0.3) is 22.2 Å². The Morgan fingerprint density at radius 1 is 1.12 bits per heavy atom. The van der Waals surface area contributed by atoms with Crippen LogP contribution in [0, 0.1) is 0 Å². The van der Waals surface area contributed by atoms with Crippen molar-refractivity contribution in [1.82, 2.24) is 19.6 Å². The Balaban J connectivity index is 1.70. The number of fused-ring (bicyclic) bond motifs is 2. The van der Waals surface area contributed by atoms with Crippen molar-refractivity contribution in [3.63, 3.8) is 0 Å². The summed E-state index contributed by atoms with van der Waals surface area (Å²) < 4.78 is 9.08. The first kappa shape index (κ1) is 22.0. The number of benzene rings is 2. The van der Waals surface area contributed by atoms with E-state index in [1.165, 1.54) is 5.56 Å². The van der Waals surface area contributed by atoms with Crippen molar-refractivity contribution in [2.24, 2.45) is 0 Å². The molecule has 1 aliphatic heterocycles. The Morgan fingerprint density at radius 3 is 2.68 bits per heavy atom. The maximum Gasteiger partial charge on any atom is 0.359 e. The summed E-state index contributed by atoms with van der Waals surface area (Å²) in [6, 6.07) is 16.1. The predicted molar refractivity (Wildman–Crippen MR) is 137 cm³/mol. The van der Waals surface area contributed by atoms with Crippen LogP contribution in [0.3, 0.4) is 0 Å². The van der Waals surface area contributed by atoms with Gasteiger partial charge in [0, 0.05) is 33.4 Å². The number of hydrogen-bond donors (Lipinski definition) is 0. The third-order valence-electron chi connectivity index (χ3n) is 5.72. The number of aromatic nitrogens is 4. The monoisotopic (exact) mass is 468 g/mol. The van der Waals surface area contributed by atoms with Crippen LogP contribution in [-0.2, 0) is 17.0 Å². The van der Waals surface area contributed by atoms with Crippen LogP contribution in [0.4, 0.5) is 0 Å². The van der Waals surface area contributed by atoms with Gasteiger partial charge in [0.25, 0.3) is 0 Å². The molecular weight excluding hydrogens is 444 g/mol. The number of allylic oxidation sites excluding steroid dienone is 3. The van der Waals surface area contributed by atoms with Crippen LogP contribution in [0.2, 0.25) is 0 Å². The van der Waals surface area contributed by atoms with Gasteiger partial charge in [0.05, 0.1) is 30.0 Å². The molecule has 0 amide bonds. The van der Waals surface area contributed by atoms with Crippen molar-refractivity contribution in [2.45, 2.75) is 19.2 Å². The standard InChI is InChI=1S/C27H24N4O2S/c1-4-19-24(5-2)34-17-21-25(27(32)33-6-3)29-31(26(19)21)23-14-10-13-22-20(23)16-30(28-22)15-18-11-8-7-9-12-18/h4-5,7-14,16H,1-2,6,15,17H2,3H3. The predicted octanol–water partition coefficient (Wildman–Crippen LogP) is 5.78. The van der Waals surface area contributed by atoms with E-state index in [0.717, 1.165) is 38.3 Å². The molecule has 7 heteroatoms. The van der Waals surface area contributed by atoms with Crippen LogP contribution >= 0.6 is 11.8 Å². The Morgan fingerprint density at radius 2 is 1.94 bits per heavy atom. The summed E-state index contributed by atoms with van der Waals surface area (Å²) in [6.45, 7) is 10.7. The lowest BCUT2D eigenvalue weighted by atomic mass is 10.0. The van der Waals surface area contributed by atoms with Crippen molar-refractivity contribution < 1.29 is 9.53 Å². The van der Waals surface area contributed by atoms with E-state index < -0.39 is 5.97 Å². The Hall–Kier alpha value is -3.84. The third kappa shape index (κ3) is 3.78. The van der Waals surface area contributed by atoms with Crippen LogP contribution in [0.1, 0.15) is 34.2 Å². The second kappa shape index (κ2) is 9.19. The van der Waals surface area contributed by atoms with E-state index in [2.05, 4.69) is 25.3 Å². The van der Waals surface area contributed by atoms with Crippen molar-refractivity contribution >= 4 is 34.2 Å². The SMILES string of the molecule is C=CC1=C(C=C)c2c(c(C(=O)OCC)nn2-c2cccc3nn(Cc4ccccc4)cc23)CS1. The van der Waals surface area contributed by atoms with E-state index in [1.54, 1.807) is 24.8 Å². The molecule has 0 unspecified atom stereocenters. The van der Waals surface area contributed by atoms with Crippen LogP contribution < -0.4 is 0 Å². The molecule has 5 rings (SSSR count). The van der Waals surface area contributed by atoms with E-state index in [9.17, 15) is 4.79 Å². The van der Waals surface area contributed by atoms with Gasteiger partial charge in [-0.25, -0.2) is 9.48 Å². The Bertz CT molecular complexity index is 1450. The molecule has 0 N–H and O–H groups in total. The minimum Gasteiger partial charge on any atom is -0.461 e. The topological polar surface area (TPSA) is 61.9 Å². The molecule has 0 spiro atoms. The summed E-state index contributed by atoms with van der Waals surface area (Å²) in [5.74, 6) is 0.182. The molecule has 6 nitrogen and oxygen atoms in total. The summed E-state index contributed by atoms with van der Waals surface area (Å²) in [5.41, 5.74) is 5.79. The molecule has 0 atom stereocenters. The summed E-state index contributed by atoms with van der Waals surface area (Å²) in [4.78, 5) is 13.8. The highest BCUT2D eigenvalue weighted by Gasteiger charge is 2.30. The average molecular weight is 469 g/mol. The van der Waals surface area contributed by atoms with E-state index in [0.29, 0.717) is 18.0 Å². The van der Waals surface area contributed by atoms with Gasteiger partial charge in [-0.15, -0.1) is 11.8 Å². The first-order valence-corrected chi connectivity index (χ1v) is 12.0. The molecule has 34 heavy (non-hydrogen) atoms. The van der Waals surface area contributed by atoms with Gasteiger partial charge in [0.15, 0.2) is 5.69 Å². The number of ether oxygens (including phenoxy) is 1. The van der Waals surface area contributed by atoms with Gasteiger partial charge in [-0.1, -0.05) is 61.7 Å². The highest BCUT2D eigenvalue weighted by Crippen LogP contribution is 2.42. The smallest absolute Gasteiger partial charge is 0.359 e. The lowest BCUT2D eigenvalue weighted by Crippen LogP contribution is -2.09. The number of rotatable bonds is 7. The molecule has 0 saturated carbocycles. The Kier molecular flexibility index (Phi) is 5.94. The highest BCUT2D eigenvalue weighted by molar-refractivity contribution is 8.02. The molecule has 0 saturated heterocycles. The van der Waals surface area contributed by atoms with E-state index in [4.69, 9.17) is 14.9 Å². The molecular formula is C27H24N4O2S. The molecule has 0 bridgehead atoms. The largest absolute Gasteiger partial charge is 0.461 e. The number of carbonyl (C=O) groups is 1. The van der Waals surface area contributed by atoms with Crippen LogP contribution in [0.5, 0.6) is 0 Å². The van der Waals surface area contributed by atoms with Gasteiger partial charge in [-0.05, 0) is 24.6 Å². The molecule has 0 fully saturated rings. The molecule has 0 radical (unpaired) electrons. The maximum atomic E-state index is 12.8. The quantitative estimate of drug-likeness (QED) is 0.322. The highest BCUT2D eigenvalue weighted by atomic mass is 32.2. The summed E-state index contributed by atoms with van der Waals surface area (Å²) in [6.07, 6.45) is 5.65. The van der Waals surface area contributed by atoms with Gasteiger partial charge >= 0.3 is 5.97 Å².